The maximum Gasteiger partial charge on any atom is 0.237 e. The van der Waals surface area contributed by atoms with Gasteiger partial charge in [0.15, 0.2) is 0 Å². The Balaban J connectivity index is 1.95. The lowest BCUT2D eigenvalue weighted by Crippen LogP contribution is -2.19. The third-order valence-corrected chi connectivity index (χ3v) is 2.60. The van der Waals surface area contributed by atoms with E-state index in [9.17, 15) is 8.78 Å². The number of rotatable bonds is 6. The van der Waals surface area contributed by atoms with Crippen LogP contribution in [0.4, 0.5) is 8.78 Å². The molecule has 0 fully saturated rings. The van der Waals surface area contributed by atoms with Crippen molar-refractivity contribution in [1.29, 1.82) is 0 Å². The minimum atomic E-state index is -0.701. The summed E-state index contributed by atoms with van der Waals surface area (Å²) in [5.74, 6) is -0.608. The van der Waals surface area contributed by atoms with Gasteiger partial charge in [0.2, 0.25) is 5.88 Å². The Bertz CT molecular complexity index is 568. The van der Waals surface area contributed by atoms with Gasteiger partial charge in [0.1, 0.15) is 17.4 Å². The fourth-order valence-electron chi connectivity index (χ4n) is 1.68. The number of benzene rings is 1. The molecule has 1 aromatic heterocycles. The summed E-state index contributed by atoms with van der Waals surface area (Å²) in [6.07, 6.45) is 2.99. The van der Waals surface area contributed by atoms with Crippen LogP contribution in [0.1, 0.15) is 19.5 Å². The maximum absolute atomic E-state index is 13.0. The fraction of sp³-hybridized carbons (Fsp3) is 0.333. The lowest BCUT2D eigenvalue weighted by molar-refractivity contribution is 0.447. The van der Waals surface area contributed by atoms with Crippen LogP contribution in [0.15, 0.2) is 30.6 Å². The van der Waals surface area contributed by atoms with Gasteiger partial charge in [0.05, 0.1) is 18.1 Å². The molecule has 0 radical (unpaired) electrons. The lowest BCUT2D eigenvalue weighted by atomic mass is 10.2. The van der Waals surface area contributed by atoms with Crippen LogP contribution in [-0.4, -0.2) is 16.5 Å². The average molecular weight is 293 g/mol. The zero-order valence-corrected chi connectivity index (χ0v) is 11.9. The Kier molecular flexibility index (Phi) is 5.16. The van der Waals surface area contributed by atoms with E-state index in [0.717, 1.165) is 30.4 Å². The molecule has 2 aromatic rings. The summed E-state index contributed by atoms with van der Waals surface area (Å²) in [5, 5.41) is 3.24. The van der Waals surface area contributed by atoms with Crippen molar-refractivity contribution >= 4 is 0 Å². The van der Waals surface area contributed by atoms with E-state index in [1.54, 1.807) is 6.20 Å². The second-order valence-corrected chi connectivity index (χ2v) is 5.08. The van der Waals surface area contributed by atoms with Crippen molar-refractivity contribution in [2.75, 3.05) is 6.54 Å². The zero-order chi connectivity index (χ0) is 15.2. The topological polar surface area (TPSA) is 47.0 Å². The molecule has 4 nitrogen and oxygen atoms in total. The van der Waals surface area contributed by atoms with Crippen LogP contribution in [0.25, 0.3) is 0 Å². The summed E-state index contributed by atoms with van der Waals surface area (Å²) < 4.78 is 31.3. The van der Waals surface area contributed by atoms with E-state index in [1.807, 2.05) is 0 Å². The molecule has 0 amide bonds. The smallest absolute Gasteiger partial charge is 0.237 e. The first-order valence-corrected chi connectivity index (χ1v) is 6.68. The fourth-order valence-corrected chi connectivity index (χ4v) is 1.68. The summed E-state index contributed by atoms with van der Waals surface area (Å²) >= 11 is 0. The van der Waals surface area contributed by atoms with Gasteiger partial charge < -0.3 is 10.1 Å². The van der Waals surface area contributed by atoms with Crippen molar-refractivity contribution in [2.45, 2.75) is 20.4 Å². The Morgan fingerprint density at radius 1 is 1.10 bits per heavy atom. The van der Waals surface area contributed by atoms with Crippen LogP contribution in [0.3, 0.4) is 0 Å². The van der Waals surface area contributed by atoms with Gasteiger partial charge in [0.25, 0.3) is 0 Å². The van der Waals surface area contributed by atoms with E-state index < -0.39 is 11.6 Å². The molecule has 0 saturated carbocycles. The molecule has 112 valence electrons. The summed E-state index contributed by atoms with van der Waals surface area (Å²) in [6, 6.07) is 2.95. The monoisotopic (exact) mass is 293 g/mol. The number of nitrogens with one attached hydrogen (secondary N) is 1. The molecule has 1 aromatic carbocycles. The summed E-state index contributed by atoms with van der Waals surface area (Å²) in [4.78, 5) is 8.24. The van der Waals surface area contributed by atoms with Crippen LogP contribution >= 0.6 is 0 Å². The second kappa shape index (κ2) is 7.08. The van der Waals surface area contributed by atoms with Gasteiger partial charge in [0, 0.05) is 24.7 Å². The molecule has 0 aliphatic heterocycles. The maximum atomic E-state index is 13.0. The van der Waals surface area contributed by atoms with Crippen molar-refractivity contribution in [2.24, 2.45) is 5.92 Å². The van der Waals surface area contributed by atoms with E-state index in [0.29, 0.717) is 12.5 Å². The molecule has 0 spiro atoms. The van der Waals surface area contributed by atoms with Crippen molar-refractivity contribution in [3.05, 3.63) is 47.9 Å². The minimum absolute atomic E-state index is 0.0486. The highest BCUT2D eigenvalue weighted by Crippen LogP contribution is 2.20. The predicted molar refractivity (Wildman–Crippen MR) is 75.0 cm³/mol. The summed E-state index contributed by atoms with van der Waals surface area (Å²) in [5.41, 5.74) is 0.772. The Hall–Kier alpha value is -2.08. The first-order valence-electron chi connectivity index (χ1n) is 6.68. The van der Waals surface area contributed by atoms with Gasteiger partial charge >= 0.3 is 0 Å². The summed E-state index contributed by atoms with van der Waals surface area (Å²) in [7, 11) is 0. The molecule has 1 N–H and O–H groups in total. The molecule has 0 atom stereocenters. The van der Waals surface area contributed by atoms with Crippen molar-refractivity contribution in [3.8, 4) is 11.6 Å². The Morgan fingerprint density at radius 2 is 1.81 bits per heavy atom. The van der Waals surface area contributed by atoms with Crippen LogP contribution in [-0.2, 0) is 6.54 Å². The Labute approximate surface area is 122 Å². The molecule has 0 aliphatic rings. The third-order valence-electron chi connectivity index (χ3n) is 2.60. The highest BCUT2D eigenvalue weighted by atomic mass is 19.1. The standard InChI is InChI=1S/C15H17F2N3O/c1-10(2)6-18-7-13-8-20-15(9-19-13)21-14-4-11(16)3-12(17)5-14/h3-5,8-10,18H,6-7H2,1-2H3. The van der Waals surface area contributed by atoms with Gasteiger partial charge in [-0.3, -0.25) is 4.98 Å². The van der Waals surface area contributed by atoms with E-state index in [1.165, 1.54) is 6.20 Å². The van der Waals surface area contributed by atoms with Gasteiger partial charge in [-0.05, 0) is 12.5 Å². The number of nitrogens with zero attached hydrogens (tertiary/aromatic N) is 2. The molecule has 0 saturated heterocycles. The number of hydrogen-bond acceptors (Lipinski definition) is 4. The van der Waals surface area contributed by atoms with E-state index in [-0.39, 0.29) is 11.6 Å². The largest absolute Gasteiger partial charge is 0.437 e. The molecule has 0 aliphatic carbocycles. The van der Waals surface area contributed by atoms with E-state index in [4.69, 9.17) is 4.74 Å². The van der Waals surface area contributed by atoms with Crippen molar-refractivity contribution in [1.82, 2.24) is 15.3 Å². The predicted octanol–water partition coefficient (Wildman–Crippen LogP) is 3.29. The minimum Gasteiger partial charge on any atom is -0.437 e. The van der Waals surface area contributed by atoms with Crippen LogP contribution in [0.5, 0.6) is 11.6 Å². The third kappa shape index (κ3) is 5.07. The van der Waals surface area contributed by atoms with Gasteiger partial charge in [-0.1, -0.05) is 13.8 Å². The second-order valence-electron chi connectivity index (χ2n) is 5.08. The Morgan fingerprint density at radius 3 is 2.38 bits per heavy atom. The molecule has 0 unspecified atom stereocenters. The van der Waals surface area contributed by atoms with Crippen molar-refractivity contribution < 1.29 is 13.5 Å². The number of halogens is 2. The quantitative estimate of drug-likeness (QED) is 0.887. The van der Waals surface area contributed by atoms with E-state index in [2.05, 4.69) is 29.1 Å². The molecule has 21 heavy (non-hydrogen) atoms. The number of aromatic nitrogens is 2. The average Bonchev–Trinajstić information content (AvgIpc) is 2.39. The highest BCUT2D eigenvalue weighted by Gasteiger charge is 2.05. The first-order chi connectivity index (χ1) is 10.0. The molecule has 6 heteroatoms. The molecule has 2 rings (SSSR count). The first kappa shape index (κ1) is 15.3. The van der Waals surface area contributed by atoms with Crippen LogP contribution in [0.2, 0.25) is 0 Å². The van der Waals surface area contributed by atoms with Crippen LogP contribution in [0, 0.1) is 17.6 Å². The highest BCUT2D eigenvalue weighted by molar-refractivity contribution is 5.27. The van der Waals surface area contributed by atoms with Gasteiger partial charge in [-0.15, -0.1) is 0 Å². The molecule has 0 bridgehead atoms. The molecule has 1 heterocycles. The van der Waals surface area contributed by atoms with Gasteiger partial charge in [-0.25, -0.2) is 13.8 Å². The van der Waals surface area contributed by atoms with Gasteiger partial charge in [-0.2, -0.15) is 0 Å². The SMILES string of the molecule is CC(C)CNCc1cnc(Oc2cc(F)cc(F)c2)cn1. The normalized spacial score (nSPS) is 10.9. The number of ether oxygens (including phenoxy) is 1. The van der Waals surface area contributed by atoms with Crippen LogP contribution < -0.4 is 10.1 Å². The molecular weight excluding hydrogens is 276 g/mol. The van der Waals surface area contributed by atoms with Crippen molar-refractivity contribution in [3.63, 3.8) is 0 Å². The number of hydrogen-bond donors (Lipinski definition) is 1. The summed E-state index contributed by atoms with van der Waals surface area (Å²) in [6.45, 7) is 5.74. The lowest BCUT2D eigenvalue weighted by Gasteiger charge is -2.08. The molecular formula is C15H17F2N3O. The zero-order valence-electron chi connectivity index (χ0n) is 11.9. The van der Waals surface area contributed by atoms with E-state index >= 15 is 0 Å².